The molecule has 0 bridgehead atoms. The van der Waals surface area contributed by atoms with Crippen molar-refractivity contribution >= 4 is 11.5 Å². The van der Waals surface area contributed by atoms with E-state index in [1.807, 2.05) is 6.92 Å². The van der Waals surface area contributed by atoms with Gasteiger partial charge in [-0.15, -0.1) is 0 Å². The summed E-state index contributed by atoms with van der Waals surface area (Å²) in [6.45, 7) is 3.64. The third kappa shape index (κ3) is 3.67. The number of carbonyl (C=O) groups is 1. The van der Waals surface area contributed by atoms with Crippen LogP contribution in [0.5, 0.6) is 11.5 Å². The number of amides is 1. The summed E-state index contributed by atoms with van der Waals surface area (Å²) < 4.78 is 37.9. The largest absolute Gasteiger partial charge is 0.496 e. The van der Waals surface area contributed by atoms with Crippen molar-refractivity contribution < 1.29 is 28.3 Å². The normalized spacial score (nSPS) is 10.3. The lowest BCUT2D eigenvalue weighted by Gasteiger charge is -2.15. The van der Waals surface area contributed by atoms with Crippen molar-refractivity contribution in [1.82, 2.24) is 5.48 Å². The smallest absolute Gasteiger partial charge is 0.278 e. The van der Waals surface area contributed by atoms with Crippen LogP contribution in [0.15, 0.2) is 36.4 Å². The topological polar surface area (TPSA) is 67.8 Å². The van der Waals surface area contributed by atoms with Gasteiger partial charge in [-0.25, -0.2) is 5.48 Å². The van der Waals surface area contributed by atoms with Crippen molar-refractivity contribution in [2.75, 3.05) is 14.2 Å². The van der Waals surface area contributed by atoms with Gasteiger partial charge in [-0.1, -0.05) is 12.1 Å². The van der Waals surface area contributed by atoms with Crippen LogP contribution in [-0.2, 0) is 0 Å². The molecule has 0 fully saturated rings. The predicted octanol–water partition coefficient (Wildman–Crippen LogP) is 4.10. The van der Waals surface area contributed by atoms with Gasteiger partial charge in [0, 0.05) is 0 Å². The Labute approximate surface area is 149 Å². The van der Waals surface area contributed by atoms with Crippen molar-refractivity contribution in [2.24, 2.45) is 0 Å². The SMILES string of the molecule is COc1ccc(C(=C(F)F)c2cc(C)c(C)c(OC)c2)cc1C(=O)NO. The number of nitrogens with one attached hydrogen (secondary N) is 1. The molecule has 26 heavy (non-hydrogen) atoms. The zero-order chi connectivity index (χ0) is 19.4. The molecule has 2 rings (SSSR count). The summed E-state index contributed by atoms with van der Waals surface area (Å²) in [5.74, 6) is -0.225. The van der Waals surface area contributed by atoms with Crippen molar-refractivity contribution in [2.45, 2.75) is 13.8 Å². The van der Waals surface area contributed by atoms with E-state index in [9.17, 15) is 13.6 Å². The molecule has 0 aromatic heterocycles. The van der Waals surface area contributed by atoms with Crippen molar-refractivity contribution in [1.29, 1.82) is 0 Å². The van der Waals surface area contributed by atoms with Crippen molar-refractivity contribution in [3.05, 3.63) is 64.2 Å². The molecule has 0 saturated carbocycles. The van der Waals surface area contributed by atoms with E-state index in [1.54, 1.807) is 13.0 Å². The molecule has 2 aromatic rings. The van der Waals surface area contributed by atoms with E-state index in [0.29, 0.717) is 5.75 Å². The first kappa shape index (κ1) is 19.4. The maximum Gasteiger partial charge on any atom is 0.278 e. The van der Waals surface area contributed by atoms with Crippen LogP contribution in [0.4, 0.5) is 8.78 Å². The van der Waals surface area contributed by atoms with E-state index in [1.165, 1.54) is 44.0 Å². The Bertz CT molecular complexity index is 874. The van der Waals surface area contributed by atoms with Gasteiger partial charge in [-0.2, -0.15) is 8.78 Å². The van der Waals surface area contributed by atoms with E-state index in [2.05, 4.69) is 0 Å². The van der Waals surface area contributed by atoms with Crippen LogP contribution in [-0.4, -0.2) is 25.3 Å². The second kappa shape index (κ2) is 7.97. The molecule has 0 atom stereocenters. The third-order valence-electron chi connectivity index (χ3n) is 4.15. The van der Waals surface area contributed by atoms with Crippen LogP contribution in [0, 0.1) is 13.8 Å². The number of benzene rings is 2. The van der Waals surface area contributed by atoms with E-state index in [-0.39, 0.29) is 28.0 Å². The van der Waals surface area contributed by atoms with Gasteiger partial charge in [0.1, 0.15) is 11.5 Å². The van der Waals surface area contributed by atoms with Gasteiger partial charge >= 0.3 is 0 Å². The number of rotatable bonds is 5. The Morgan fingerprint density at radius 2 is 1.65 bits per heavy atom. The first-order chi connectivity index (χ1) is 12.3. The molecule has 0 aliphatic carbocycles. The standard InChI is InChI=1S/C19H19F2NO4/c1-10-7-13(9-16(26-4)11(10)2)17(18(20)21)12-5-6-15(25-3)14(8-12)19(23)22-24/h5-9,24H,1-4H3,(H,22,23). The molecule has 0 heterocycles. The van der Waals surface area contributed by atoms with Gasteiger partial charge in [-0.3, -0.25) is 10.0 Å². The summed E-state index contributed by atoms with van der Waals surface area (Å²) in [5, 5.41) is 8.87. The van der Waals surface area contributed by atoms with E-state index < -0.39 is 12.0 Å². The maximum absolute atomic E-state index is 13.8. The zero-order valence-electron chi connectivity index (χ0n) is 14.8. The molecule has 138 valence electrons. The maximum atomic E-state index is 13.8. The number of hydrogen-bond acceptors (Lipinski definition) is 4. The molecule has 0 saturated heterocycles. The quantitative estimate of drug-likeness (QED) is 0.620. The van der Waals surface area contributed by atoms with Gasteiger partial charge in [0.05, 0.1) is 25.4 Å². The Morgan fingerprint density at radius 3 is 2.19 bits per heavy atom. The fourth-order valence-corrected chi connectivity index (χ4v) is 2.67. The monoisotopic (exact) mass is 363 g/mol. The molecular weight excluding hydrogens is 344 g/mol. The van der Waals surface area contributed by atoms with Gasteiger partial charge in [0.2, 0.25) is 0 Å². The van der Waals surface area contributed by atoms with Crippen LogP contribution < -0.4 is 15.0 Å². The second-order valence-corrected chi connectivity index (χ2v) is 5.61. The fourth-order valence-electron chi connectivity index (χ4n) is 2.67. The molecule has 0 radical (unpaired) electrons. The molecule has 5 nitrogen and oxygen atoms in total. The number of methoxy groups -OCH3 is 2. The first-order valence-electron chi connectivity index (χ1n) is 7.67. The van der Waals surface area contributed by atoms with Crippen molar-refractivity contribution in [3.8, 4) is 11.5 Å². The Balaban J connectivity index is 2.69. The van der Waals surface area contributed by atoms with Gasteiger partial charge in [0.15, 0.2) is 0 Å². The van der Waals surface area contributed by atoms with Gasteiger partial charge < -0.3 is 9.47 Å². The molecule has 0 aliphatic rings. The minimum atomic E-state index is -1.91. The molecule has 0 spiro atoms. The predicted molar refractivity (Wildman–Crippen MR) is 93.0 cm³/mol. The van der Waals surface area contributed by atoms with E-state index in [0.717, 1.165) is 11.1 Å². The van der Waals surface area contributed by atoms with Gasteiger partial charge in [-0.05, 0) is 54.3 Å². The Hall–Kier alpha value is -2.93. The molecular formula is C19H19F2NO4. The number of hydroxylamine groups is 1. The lowest BCUT2D eigenvalue weighted by atomic mass is 9.94. The average molecular weight is 363 g/mol. The summed E-state index contributed by atoms with van der Waals surface area (Å²) in [7, 11) is 2.81. The Morgan fingerprint density at radius 1 is 1.00 bits per heavy atom. The summed E-state index contributed by atoms with van der Waals surface area (Å²) in [5.41, 5.74) is 3.09. The lowest BCUT2D eigenvalue weighted by molar-refractivity contribution is 0.0703. The van der Waals surface area contributed by atoms with Crippen LogP contribution in [0.2, 0.25) is 0 Å². The third-order valence-corrected chi connectivity index (χ3v) is 4.15. The summed E-state index contributed by atoms with van der Waals surface area (Å²) >= 11 is 0. The average Bonchev–Trinajstić information content (AvgIpc) is 2.63. The first-order valence-corrected chi connectivity index (χ1v) is 7.67. The molecule has 2 N–H and O–H groups in total. The molecule has 1 amide bonds. The summed E-state index contributed by atoms with van der Waals surface area (Å²) in [6.07, 6.45) is -1.91. The lowest BCUT2D eigenvalue weighted by Crippen LogP contribution is -2.19. The van der Waals surface area contributed by atoms with Crippen LogP contribution in [0.3, 0.4) is 0 Å². The van der Waals surface area contributed by atoms with E-state index >= 15 is 0 Å². The minimum Gasteiger partial charge on any atom is -0.496 e. The van der Waals surface area contributed by atoms with Crippen LogP contribution in [0.1, 0.15) is 32.6 Å². The summed E-state index contributed by atoms with van der Waals surface area (Å²) in [4.78, 5) is 11.8. The Kier molecular flexibility index (Phi) is 5.94. The number of halogens is 2. The number of ether oxygens (including phenoxy) is 2. The number of hydrogen-bond donors (Lipinski definition) is 2. The van der Waals surface area contributed by atoms with Crippen LogP contribution >= 0.6 is 0 Å². The highest BCUT2D eigenvalue weighted by Crippen LogP contribution is 2.35. The molecule has 0 aliphatic heterocycles. The van der Waals surface area contributed by atoms with Gasteiger partial charge in [0.25, 0.3) is 12.0 Å². The number of aryl methyl sites for hydroxylation is 1. The molecule has 0 unspecified atom stereocenters. The molecule has 7 heteroatoms. The van der Waals surface area contributed by atoms with Crippen molar-refractivity contribution in [3.63, 3.8) is 0 Å². The zero-order valence-corrected chi connectivity index (χ0v) is 14.8. The highest BCUT2D eigenvalue weighted by Gasteiger charge is 2.19. The minimum absolute atomic E-state index is 0.0675. The summed E-state index contributed by atoms with van der Waals surface area (Å²) in [6, 6.07) is 7.19. The molecule has 2 aromatic carbocycles. The highest BCUT2D eigenvalue weighted by molar-refractivity contribution is 5.97. The second-order valence-electron chi connectivity index (χ2n) is 5.61. The highest BCUT2D eigenvalue weighted by atomic mass is 19.3. The number of carbonyl (C=O) groups excluding carboxylic acids is 1. The fraction of sp³-hybridized carbons (Fsp3) is 0.211. The van der Waals surface area contributed by atoms with E-state index in [4.69, 9.17) is 14.7 Å². The van der Waals surface area contributed by atoms with Crippen LogP contribution in [0.25, 0.3) is 5.57 Å².